The van der Waals surface area contributed by atoms with Crippen molar-refractivity contribution in [2.24, 2.45) is 0 Å². The summed E-state index contributed by atoms with van der Waals surface area (Å²) in [6.45, 7) is 7.56. The Labute approximate surface area is 95.1 Å². The zero-order chi connectivity index (χ0) is 12.6. The number of hydrogen-bond acceptors (Lipinski definition) is 5. The van der Waals surface area contributed by atoms with Crippen molar-refractivity contribution < 1.29 is 14.3 Å². The topological polar surface area (TPSA) is 61.3 Å². The van der Waals surface area contributed by atoms with Gasteiger partial charge in [0.1, 0.15) is 0 Å². The highest BCUT2D eigenvalue weighted by Gasteiger charge is 2.14. The van der Waals surface area contributed by atoms with Crippen molar-refractivity contribution in [3.8, 4) is 11.8 Å². The van der Waals surface area contributed by atoms with Crippen molar-refractivity contribution in [2.75, 3.05) is 14.2 Å². The fourth-order valence-electron chi connectivity index (χ4n) is 1.04. The zero-order valence-corrected chi connectivity index (χ0v) is 9.98. The van der Waals surface area contributed by atoms with Crippen LogP contribution in [0.15, 0.2) is 6.58 Å². The summed E-state index contributed by atoms with van der Waals surface area (Å²) in [7, 11) is 2.86. The lowest BCUT2D eigenvalue weighted by molar-refractivity contribution is 0.111. The van der Waals surface area contributed by atoms with Crippen molar-refractivity contribution in [2.45, 2.75) is 13.8 Å². The van der Waals surface area contributed by atoms with Gasteiger partial charge in [0.05, 0.1) is 25.3 Å². The molecule has 1 aromatic heterocycles. The van der Waals surface area contributed by atoms with E-state index < -0.39 is 0 Å². The summed E-state index contributed by atoms with van der Waals surface area (Å²) in [5, 5.41) is 7.39. The molecule has 0 radical (unpaired) electrons. The first-order valence-electron chi connectivity index (χ1n) is 4.84. The average molecular weight is 224 g/mol. The van der Waals surface area contributed by atoms with Crippen LogP contribution < -0.4 is 9.47 Å². The second kappa shape index (κ2) is 7.39. The SMILES string of the molecule is C=Cc1c(OC)nnc(OC)c1C=O.CC. The van der Waals surface area contributed by atoms with E-state index in [1.54, 1.807) is 0 Å². The van der Waals surface area contributed by atoms with Crippen LogP contribution in [0.4, 0.5) is 0 Å². The Hall–Kier alpha value is -1.91. The van der Waals surface area contributed by atoms with Crippen LogP contribution in [0.1, 0.15) is 29.8 Å². The molecule has 0 fully saturated rings. The molecular formula is C11H16N2O3. The normalized spacial score (nSPS) is 8.50. The molecule has 88 valence electrons. The van der Waals surface area contributed by atoms with Gasteiger partial charge >= 0.3 is 0 Å². The van der Waals surface area contributed by atoms with Crippen molar-refractivity contribution in [1.29, 1.82) is 0 Å². The number of aldehydes is 1. The fourth-order valence-corrected chi connectivity index (χ4v) is 1.04. The summed E-state index contributed by atoms with van der Waals surface area (Å²) >= 11 is 0. The fraction of sp³-hybridized carbons (Fsp3) is 0.364. The van der Waals surface area contributed by atoms with Crippen LogP contribution in [0.5, 0.6) is 11.8 Å². The predicted octanol–water partition coefficient (Wildman–Crippen LogP) is 1.98. The molecule has 0 aliphatic carbocycles. The van der Waals surface area contributed by atoms with Gasteiger partial charge in [0.15, 0.2) is 6.29 Å². The Kier molecular flexibility index (Phi) is 6.51. The quantitative estimate of drug-likeness (QED) is 0.732. The van der Waals surface area contributed by atoms with Gasteiger partial charge in [-0.1, -0.05) is 26.5 Å². The highest BCUT2D eigenvalue weighted by molar-refractivity contribution is 5.85. The van der Waals surface area contributed by atoms with Gasteiger partial charge in [-0.2, -0.15) is 0 Å². The first-order valence-corrected chi connectivity index (χ1v) is 4.84. The molecule has 1 aromatic rings. The van der Waals surface area contributed by atoms with E-state index >= 15 is 0 Å². The minimum absolute atomic E-state index is 0.163. The molecule has 0 aliphatic rings. The largest absolute Gasteiger partial charge is 0.479 e. The lowest BCUT2D eigenvalue weighted by atomic mass is 10.1. The van der Waals surface area contributed by atoms with E-state index in [0.29, 0.717) is 11.8 Å². The monoisotopic (exact) mass is 224 g/mol. The van der Waals surface area contributed by atoms with Crippen molar-refractivity contribution in [3.05, 3.63) is 17.7 Å². The van der Waals surface area contributed by atoms with Crippen LogP contribution in [-0.4, -0.2) is 30.7 Å². The number of nitrogens with zero attached hydrogens (tertiary/aromatic N) is 2. The molecule has 16 heavy (non-hydrogen) atoms. The first-order chi connectivity index (χ1) is 7.78. The third kappa shape index (κ3) is 2.79. The standard InChI is InChI=1S/C9H10N2O3.C2H6/c1-4-6-7(5-12)9(14-3)11-10-8(6)13-2;1-2/h4-5H,1H2,2-3H3;1-2H3. The van der Waals surface area contributed by atoms with Gasteiger partial charge < -0.3 is 9.47 Å². The van der Waals surface area contributed by atoms with E-state index in [-0.39, 0.29) is 17.3 Å². The Morgan fingerprint density at radius 2 is 1.50 bits per heavy atom. The summed E-state index contributed by atoms with van der Waals surface area (Å²) in [6, 6.07) is 0. The highest BCUT2D eigenvalue weighted by atomic mass is 16.5. The molecule has 1 heterocycles. The summed E-state index contributed by atoms with van der Waals surface area (Å²) in [4.78, 5) is 10.8. The van der Waals surface area contributed by atoms with E-state index in [2.05, 4.69) is 16.8 Å². The maximum Gasteiger partial charge on any atom is 0.244 e. The van der Waals surface area contributed by atoms with Crippen LogP contribution in [0.2, 0.25) is 0 Å². The molecule has 0 amide bonds. The number of rotatable bonds is 4. The number of carbonyl (C=O) groups excluding carboxylic acids is 1. The maximum absolute atomic E-state index is 10.8. The Bertz CT molecular complexity index is 329. The predicted molar refractivity (Wildman–Crippen MR) is 62.0 cm³/mol. The Morgan fingerprint density at radius 3 is 1.81 bits per heavy atom. The highest BCUT2D eigenvalue weighted by Crippen LogP contribution is 2.24. The second-order valence-corrected chi connectivity index (χ2v) is 2.37. The molecule has 0 aliphatic heterocycles. The van der Waals surface area contributed by atoms with Crippen LogP contribution in [-0.2, 0) is 0 Å². The average Bonchev–Trinajstić information content (AvgIpc) is 2.38. The van der Waals surface area contributed by atoms with Gasteiger partial charge in [-0.3, -0.25) is 4.79 Å². The van der Waals surface area contributed by atoms with Crippen LogP contribution in [0.25, 0.3) is 6.08 Å². The van der Waals surface area contributed by atoms with E-state index in [1.807, 2.05) is 13.8 Å². The third-order valence-corrected chi connectivity index (χ3v) is 1.69. The summed E-state index contributed by atoms with van der Waals surface area (Å²) < 4.78 is 9.79. The molecular weight excluding hydrogens is 208 g/mol. The molecule has 5 nitrogen and oxygen atoms in total. The number of methoxy groups -OCH3 is 2. The number of hydrogen-bond donors (Lipinski definition) is 0. The molecule has 5 heteroatoms. The Morgan fingerprint density at radius 1 is 1.06 bits per heavy atom. The zero-order valence-electron chi connectivity index (χ0n) is 9.98. The first kappa shape index (κ1) is 14.1. The van der Waals surface area contributed by atoms with Gasteiger partial charge in [-0.05, 0) is 0 Å². The van der Waals surface area contributed by atoms with Gasteiger partial charge in [0, 0.05) is 0 Å². The van der Waals surface area contributed by atoms with E-state index in [1.165, 1.54) is 20.3 Å². The minimum atomic E-state index is 0.163. The van der Waals surface area contributed by atoms with E-state index in [0.717, 1.165) is 0 Å². The van der Waals surface area contributed by atoms with Crippen molar-refractivity contribution >= 4 is 12.4 Å². The van der Waals surface area contributed by atoms with Crippen LogP contribution in [0.3, 0.4) is 0 Å². The Balaban J connectivity index is 0.00000106. The smallest absolute Gasteiger partial charge is 0.244 e. The van der Waals surface area contributed by atoms with Crippen molar-refractivity contribution in [1.82, 2.24) is 10.2 Å². The molecule has 0 atom stereocenters. The van der Waals surface area contributed by atoms with Gasteiger partial charge in [-0.15, -0.1) is 10.2 Å². The van der Waals surface area contributed by atoms with E-state index in [4.69, 9.17) is 9.47 Å². The van der Waals surface area contributed by atoms with Gasteiger partial charge in [0.2, 0.25) is 11.8 Å². The number of ether oxygens (including phenoxy) is 2. The summed E-state index contributed by atoms with van der Waals surface area (Å²) in [5.41, 5.74) is 0.767. The molecule has 0 saturated carbocycles. The van der Waals surface area contributed by atoms with Gasteiger partial charge in [-0.25, -0.2) is 0 Å². The molecule has 0 N–H and O–H groups in total. The summed E-state index contributed by atoms with van der Waals surface area (Å²) in [5.74, 6) is 0.415. The lowest BCUT2D eigenvalue weighted by Gasteiger charge is -2.07. The third-order valence-electron chi connectivity index (χ3n) is 1.69. The van der Waals surface area contributed by atoms with Crippen molar-refractivity contribution in [3.63, 3.8) is 0 Å². The minimum Gasteiger partial charge on any atom is -0.479 e. The molecule has 0 bridgehead atoms. The molecule has 0 unspecified atom stereocenters. The number of carbonyl (C=O) groups is 1. The van der Waals surface area contributed by atoms with Crippen LogP contribution in [0, 0.1) is 0 Å². The molecule has 0 aromatic carbocycles. The van der Waals surface area contributed by atoms with Gasteiger partial charge in [0.25, 0.3) is 0 Å². The maximum atomic E-state index is 10.8. The second-order valence-electron chi connectivity index (χ2n) is 2.37. The summed E-state index contributed by atoms with van der Waals surface area (Å²) in [6.07, 6.45) is 2.10. The molecule has 0 spiro atoms. The van der Waals surface area contributed by atoms with E-state index in [9.17, 15) is 4.79 Å². The molecule has 0 saturated heterocycles. The lowest BCUT2D eigenvalue weighted by Crippen LogP contribution is -2.02. The van der Waals surface area contributed by atoms with Crippen LogP contribution >= 0.6 is 0 Å². The number of aromatic nitrogens is 2. The molecule has 1 rings (SSSR count).